The molecule has 3 heteroatoms. The van der Waals surface area contributed by atoms with Gasteiger partial charge in [-0.2, -0.15) is 0 Å². The van der Waals surface area contributed by atoms with Gasteiger partial charge in [0, 0.05) is 30.1 Å². The van der Waals surface area contributed by atoms with Gasteiger partial charge in [0.25, 0.3) is 0 Å². The molecule has 0 aliphatic rings. The summed E-state index contributed by atoms with van der Waals surface area (Å²) in [7, 11) is 2.05. The number of nitrogens with one attached hydrogen (secondary N) is 1. The molecule has 1 aromatic heterocycles. The van der Waals surface area contributed by atoms with Gasteiger partial charge in [-0.1, -0.05) is 19.9 Å². The van der Waals surface area contributed by atoms with Gasteiger partial charge < -0.3 is 5.32 Å². The van der Waals surface area contributed by atoms with Crippen LogP contribution in [0.15, 0.2) is 17.5 Å². The van der Waals surface area contributed by atoms with Crippen LogP contribution in [0.5, 0.6) is 0 Å². The predicted octanol–water partition coefficient (Wildman–Crippen LogP) is 3.59. The minimum absolute atomic E-state index is 0.274. The van der Waals surface area contributed by atoms with Crippen LogP contribution in [0.1, 0.15) is 39.5 Å². The summed E-state index contributed by atoms with van der Waals surface area (Å²) in [5.41, 5.74) is 0.274. The molecule has 104 valence electrons. The molecule has 1 aromatic rings. The molecule has 0 fully saturated rings. The predicted molar refractivity (Wildman–Crippen MR) is 82.2 cm³/mol. The highest BCUT2D eigenvalue weighted by Gasteiger charge is 2.28. The quantitative estimate of drug-likeness (QED) is 0.813. The minimum atomic E-state index is 0.274. The lowest BCUT2D eigenvalue weighted by Crippen LogP contribution is -2.47. The van der Waals surface area contributed by atoms with Crippen LogP contribution in [0.2, 0.25) is 0 Å². The molecule has 0 saturated carbocycles. The summed E-state index contributed by atoms with van der Waals surface area (Å²) in [6.07, 6.45) is 0. The van der Waals surface area contributed by atoms with Crippen molar-refractivity contribution >= 4 is 11.3 Å². The van der Waals surface area contributed by atoms with Crippen molar-refractivity contribution in [2.24, 2.45) is 5.41 Å². The van der Waals surface area contributed by atoms with Crippen molar-refractivity contribution in [2.75, 3.05) is 13.6 Å². The molecule has 0 amide bonds. The van der Waals surface area contributed by atoms with E-state index in [0.717, 1.165) is 13.1 Å². The monoisotopic (exact) mass is 268 g/mol. The topological polar surface area (TPSA) is 15.3 Å². The van der Waals surface area contributed by atoms with Gasteiger partial charge >= 0.3 is 0 Å². The smallest absolute Gasteiger partial charge is 0.0330 e. The number of hydrogen-bond donors (Lipinski definition) is 1. The number of rotatable bonds is 7. The van der Waals surface area contributed by atoms with E-state index in [4.69, 9.17) is 0 Å². The molecule has 1 N–H and O–H groups in total. The molecule has 0 aromatic carbocycles. The van der Waals surface area contributed by atoms with Crippen LogP contribution in [0.25, 0.3) is 0 Å². The average Bonchev–Trinajstić information content (AvgIpc) is 2.79. The number of hydrogen-bond acceptors (Lipinski definition) is 3. The summed E-state index contributed by atoms with van der Waals surface area (Å²) >= 11 is 1.85. The highest BCUT2D eigenvalue weighted by atomic mass is 32.1. The number of thiophene rings is 1. The Bertz CT molecular complexity index is 330. The first-order valence-electron chi connectivity index (χ1n) is 6.80. The molecule has 1 rings (SSSR count). The number of nitrogens with zero attached hydrogens (tertiary/aromatic N) is 1. The minimum Gasteiger partial charge on any atom is -0.317 e. The van der Waals surface area contributed by atoms with Crippen LogP contribution in [0, 0.1) is 5.41 Å². The van der Waals surface area contributed by atoms with Crippen LogP contribution in [-0.4, -0.2) is 30.6 Å². The third kappa shape index (κ3) is 4.38. The lowest BCUT2D eigenvalue weighted by Gasteiger charge is -2.38. The fourth-order valence-electron chi connectivity index (χ4n) is 2.07. The summed E-state index contributed by atoms with van der Waals surface area (Å²) in [6, 6.07) is 5.46. The van der Waals surface area contributed by atoms with Crippen molar-refractivity contribution in [3.63, 3.8) is 0 Å². The van der Waals surface area contributed by atoms with E-state index < -0.39 is 0 Å². The second kappa shape index (κ2) is 6.69. The fourth-order valence-corrected chi connectivity index (χ4v) is 2.80. The zero-order valence-electron chi connectivity index (χ0n) is 12.7. The molecular formula is C15H28N2S. The van der Waals surface area contributed by atoms with Gasteiger partial charge in [0.1, 0.15) is 0 Å². The molecule has 0 saturated heterocycles. The highest BCUT2D eigenvalue weighted by Crippen LogP contribution is 2.25. The van der Waals surface area contributed by atoms with Crippen molar-refractivity contribution in [3.05, 3.63) is 22.4 Å². The molecular weight excluding hydrogens is 240 g/mol. The Balaban J connectivity index is 2.68. The summed E-state index contributed by atoms with van der Waals surface area (Å²) < 4.78 is 0. The Hall–Kier alpha value is -0.380. The zero-order valence-corrected chi connectivity index (χ0v) is 13.5. The average molecular weight is 268 g/mol. The Morgan fingerprint density at radius 2 is 2.00 bits per heavy atom. The van der Waals surface area contributed by atoms with E-state index in [-0.39, 0.29) is 5.41 Å². The molecule has 0 spiro atoms. The first-order valence-corrected chi connectivity index (χ1v) is 7.68. The Morgan fingerprint density at radius 1 is 1.33 bits per heavy atom. The zero-order chi connectivity index (χ0) is 13.8. The maximum atomic E-state index is 3.38. The van der Waals surface area contributed by atoms with Crippen molar-refractivity contribution in [1.29, 1.82) is 0 Å². The Morgan fingerprint density at radius 3 is 2.44 bits per heavy atom. The summed E-state index contributed by atoms with van der Waals surface area (Å²) in [4.78, 5) is 4.02. The summed E-state index contributed by atoms with van der Waals surface area (Å²) in [6.45, 7) is 13.7. The second-order valence-electron chi connectivity index (χ2n) is 6.08. The van der Waals surface area contributed by atoms with Gasteiger partial charge in [0.15, 0.2) is 0 Å². The fraction of sp³-hybridized carbons (Fsp3) is 0.733. The lowest BCUT2D eigenvalue weighted by molar-refractivity contribution is 0.114. The normalized spacial score (nSPS) is 14.4. The third-order valence-corrected chi connectivity index (χ3v) is 4.75. The standard InChI is InChI=1S/C15H28N2S/c1-12(2)17(10-14-8-7-9-18-14)11-15(4,5)13(3)16-6/h7-9,12-13,16H,10-11H2,1-6H3. The van der Waals surface area contributed by atoms with Crippen LogP contribution in [0.4, 0.5) is 0 Å². The van der Waals surface area contributed by atoms with Crippen molar-refractivity contribution in [2.45, 2.75) is 53.2 Å². The van der Waals surface area contributed by atoms with Gasteiger partial charge in [0.05, 0.1) is 0 Å². The molecule has 0 radical (unpaired) electrons. The summed E-state index contributed by atoms with van der Waals surface area (Å²) in [5.74, 6) is 0. The van der Waals surface area contributed by atoms with E-state index in [1.807, 2.05) is 18.4 Å². The molecule has 1 heterocycles. The molecule has 2 nitrogen and oxygen atoms in total. The van der Waals surface area contributed by atoms with Crippen LogP contribution < -0.4 is 5.32 Å². The molecule has 1 unspecified atom stereocenters. The maximum absolute atomic E-state index is 3.38. The van der Waals surface area contributed by atoms with Crippen molar-refractivity contribution in [3.8, 4) is 0 Å². The Labute approximate surface area is 116 Å². The van der Waals surface area contributed by atoms with Gasteiger partial charge in [-0.3, -0.25) is 4.90 Å². The van der Waals surface area contributed by atoms with Gasteiger partial charge in [-0.05, 0) is 44.7 Å². The van der Waals surface area contributed by atoms with E-state index >= 15 is 0 Å². The van der Waals surface area contributed by atoms with Crippen molar-refractivity contribution < 1.29 is 0 Å². The first kappa shape index (κ1) is 15.7. The van der Waals surface area contributed by atoms with Gasteiger partial charge in [-0.25, -0.2) is 0 Å². The van der Waals surface area contributed by atoms with Crippen LogP contribution in [-0.2, 0) is 6.54 Å². The second-order valence-corrected chi connectivity index (χ2v) is 7.11. The molecule has 18 heavy (non-hydrogen) atoms. The maximum Gasteiger partial charge on any atom is 0.0330 e. The van der Waals surface area contributed by atoms with E-state index in [1.165, 1.54) is 4.88 Å². The SMILES string of the molecule is CNC(C)C(C)(C)CN(Cc1cccs1)C(C)C. The van der Waals surface area contributed by atoms with E-state index in [0.29, 0.717) is 12.1 Å². The van der Waals surface area contributed by atoms with E-state index in [9.17, 15) is 0 Å². The first-order chi connectivity index (χ1) is 8.36. The molecule has 1 atom stereocenters. The Kier molecular flexibility index (Phi) is 5.83. The molecule has 0 aliphatic heterocycles. The largest absolute Gasteiger partial charge is 0.317 e. The van der Waals surface area contributed by atoms with Gasteiger partial charge in [0.2, 0.25) is 0 Å². The highest BCUT2D eigenvalue weighted by molar-refractivity contribution is 7.09. The van der Waals surface area contributed by atoms with Crippen LogP contribution >= 0.6 is 11.3 Å². The lowest BCUT2D eigenvalue weighted by atomic mass is 9.84. The van der Waals surface area contributed by atoms with Crippen LogP contribution in [0.3, 0.4) is 0 Å². The third-order valence-electron chi connectivity index (χ3n) is 3.89. The summed E-state index contributed by atoms with van der Waals surface area (Å²) in [5, 5.41) is 5.55. The molecule has 0 bridgehead atoms. The van der Waals surface area contributed by atoms with Gasteiger partial charge in [-0.15, -0.1) is 11.3 Å². The molecule has 0 aliphatic carbocycles. The van der Waals surface area contributed by atoms with Crippen molar-refractivity contribution in [1.82, 2.24) is 10.2 Å². The van der Waals surface area contributed by atoms with E-state index in [1.54, 1.807) is 0 Å². The van der Waals surface area contributed by atoms with E-state index in [2.05, 4.69) is 62.3 Å².